The van der Waals surface area contributed by atoms with Gasteiger partial charge in [0.2, 0.25) is 0 Å². The minimum Gasteiger partial charge on any atom is -0.197 e. The first-order chi connectivity index (χ1) is 0. The van der Waals surface area contributed by atoms with Gasteiger partial charge in [-0.3, -0.25) is 0 Å². The van der Waals surface area contributed by atoms with Crippen LogP contribution in [0.25, 0.3) is 0 Å². The molecule has 4 heteroatoms. The molecule has 0 aromatic carbocycles. The maximum Gasteiger partial charge on any atom is 0 e. The average Bonchev–Trinajstić information content (AvgIpc) is 0. The van der Waals surface area contributed by atoms with Crippen LogP contribution in [0.1, 0.15) is 0 Å². The molecule has 0 N–H and O–H groups in total. The standard InChI is InChI=1S/Mn.H2S.Yb.Zn/h;1H2;;. The van der Waals surface area contributed by atoms with Crippen molar-refractivity contribution in [3.05, 3.63) is 0 Å². The van der Waals surface area contributed by atoms with E-state index in [0.717, 1.165) is 0 Å². The van der Waals surface area contributed by atoms with Gasteiger partial charge in [0.05, 0.1) is 0 Å². The normalized spacial score (nSPS) is 0. The number of hydrogen-bond donors (Lipinski definition) is 0. The molecule has 0 bridgehead atoms. The van der Waals surface area contributed by atoms with E-state index in [1.165, 1.54) is 0 Å². The molecule has 0 aliphatic carbocycles. The smallest absolute Gasteiger partial charge is 0 e. The first-order valence-electron chi connectivity index (χ1n) is 0. The third-order valence-corrected chi connectivity index (χ3v) is 0. The fourth-order valence-electron chi connectivity index (χ4n) is 0. The van der Waals surface area contributed by atoms with Gasteiger partial charge in [-0.05, 0) is 0 Å². The van der Waals surface area contributed by atoms with Crippen LogP contribution < -0.4 is 0 Å². The Balaban J connectivity index is 0. The van der Waals surface area contributed by atoms with Crippen LogP contribution in [-0.2, 0) is 36.5 Å². The molecule has 0 nitrogen and oxygen atoms in total. The molecule has 0 amide bonds. The van der Waals surface area contributed by atoms with Crippen molar-refractivity contribution < 1.29 is 83.5 Å². The fraction of sp³-hybridized carbons (Fsp3) is 0. The third-order valence-electron chi connectivity index (χ3n) is 0. The molecule has 4 heavy (non-hydrogen) atoms. The number of rotatable bonds is 0. The van der Waals surface area contributed by atoms with Crippen molar-refractivity contribution in [1.82, 2.24) is 0 Å². The molecule has 0 rings (SSSR count). The maximum atomic E-state index is 0. The molecular weight excluding hydrogens is 325 g/mol. The molecule has 0 fully saturated rings. The molecule has 0 aromatic rings. The van der Waals surface area contributed by atoms with Gasteiger partial charge < -0.3 is 0 Å². The van der Waals surface area contributed by atoms with Crippen molar-refractivity contribution in [2.24, 2.45) is 0 Å². The Hall–Kier alpha value is 3.01. The molecule has 0 aliphatic heterocycles. The summed E-state index contributed by atoms with van der Waals surface area (Å²) in [5.41, 5.74) is 0. The Morgan fingerprint density at radius 3 is 1.00 bits per heavy atom. The van der Waals surface area contributed by atoms with Crippen LogP contribution in [0.5, 0.6) is 0 Å². The van der Waals surface area contributed by atoms with Crippen LogP contribution in [0.2, 0.25) is 0 Å². The van der Waals surface area contributed by atoms with Gasteiger partial charge in [-0.25, -0.2) is 0 Å². The maximum absolute atomic E-state index is 0. The van der Waals surface area contributed by atoms with Crippen molar-refractivity contribution >= 4 is 13.5 Å². The summed E-state index contributed by atoms with van der Waals surface area (Å²) in [4.78, 5) is 0. The first-order valence-corrected chi connectivity index (χ1v) is 0. The van der Waals surface area contributed by atoms with Crippen molar-refractivity contribution in [2.45, 2.75) is 0 Å². The molecule has 0 saturated heterocycles. The largest absolute Gasteiger partial charge is 0.197 e. The van der Waals surface area contributed by atoms with Gasteiger partial charge in [0.15, 0.2) is 0 Å². The molecule has 1 radical (unpaired) electrons. The molecule has 0 atom stereocenters. The minimum atomic E-state index is 0. The van der Waals surface area contributed by atoms with E-state index >= 15 is 0 Å². The van der Waals surface area contributed by atoms with Gasteiger partial charge in [0.25, 0.3) is 0 Å². The molecule has 31 valence electrons. The Kier molecular flexibility index (Phi) is 116. The summed E-state index contributed by atoms with van der Waals surface area (Å²) in [5.74, 6) is 0. The van der Waals surface area contributed by atoms with E-state index in [2.05, 4.69) is 0 Å². The zero-order valence-corrected chi connectivity index (χ0v) is 8.71. The van der Waals surface area contributed by atoms with Crippen LogP contribution in [0.15, 0.2) is 0 Å². The summed E-state index contributed by atoms with van der Waals surface area (Å²) in [6.07, 6.45) is 0. The summed E-state index contributed by atoms with van der Waals surface area (Å²) in [6, 6.07) is 0. The molecule has 0 unspecified atom stereocenters. The van der Waals surface area contributed by atoms with Gasteiger partial charge in [-0.15, -0.1) is 0 Å². The van der Waals surface area contributed by atoms with E-state index in [1.807, 2.05) is 0 Å². The fourth-order valence-corrected chi connectivity index (χ4v) is 0. The van der Waals surface area contributed by atoms with Crippen LogP contribution in [0, 0.1) is 46.9 Å². The van der Waals surface area contributed by atoms with Gasteiger partial charge in [-0.2, -0.15) is 13.5 Å². The average molecular weight is 327 g/mol. The van der Waals surface area contributed by atoms with E-state index in [0.29, 0.717) is 0 Å². The quantitative estimate of drug-likeness (QED) is 0.554. The Labute approximate surface area is 94.8 Å². The van der Waals surface area contributed by atoms with Gasteiger partial charge >= 0.3 is 0 Å². The predicted octanol–water partition coefficient (Wildman–Crippen LogP) is 0.108. The summed E-state index contributed by atoms with van der Waals surface area (Å²) in [6.45, 7) is 0. The zero-order chi connectivity index (χ0) is 0. The third kappa shape index (κ3) is 8.89. The summed E-state index contributed by atoms with van der Waals surface area (Å²) < 4.78 is 0. The monoisotopic (exact) mass is 327 g/mol. The second-order valence-corrected chi connectivity index (χ2v) is 0. The Morgan fingerprint density at radius 1 is 1.00 bits per heavy atom. The first kappa shape index (κ1) is 27.9. The van der Waals surface area contributed by atoms with Gasteiger partial charge in [0, 0.05) is 83.5 Å². The van der Waals surface area contributed by atoms with Gasteiger partial charge in [-0.1, -0.05) is 0 Å². The molecule has 0 heterocycles. The second-order valence-electron chi connectivity index (χ2n) is 0. The summed E-state index contributed by atoms with van der Waals surface area (Å²) in [5, 5.41) is 0. The van der Waals surface area contributed by atoms with Crippen molar-refractivity contribution in [1.29, 1.82) is 0 Å². The van der Waals surface area contributed by atoms with E-state index in [9.17, 15) is 0 Å². The summed E-state index contributed by atoms with van der Waals surface area (Å²) in [7, 11) is 0. The molecule has 0 aromatic heterocycles. The molecule has 0 aliphatic rings. The Bertz CT molecular complexity index is 8.00. The topological polar surface area (TPSA) is 0 Å². The molecule has 0 saturated carbocycles. The van der Waals surface area contributed by atoms with Crippen molar-refractivity contribution in [2.75, 3.05) is 0 Å². The van der Waals surface area contributed by atoms with Crippen molar-refractivity contribution in [3.8, 4) is 0 Å². The van der Waals surface area contributed by atoms with Crippen LogP contribution >= 0.6 is 13.5 Å². The Morgan fingerprint density at radius 2 is 1.00 bits per heavy atom. The van der Waals surface area contributed by atoms with E-state index in [-0.39, 0.29) is 97.0 Å². The SMILES string of the molecule is S.[Mn].[Yb].[Zn]. The second kappa shape index (κ2) is 16.6. The van der Waals surface area contributed by atoms with E-state index in [1.54, 1.807) is 0 Å². The van der Waals surface area contributed by atoms with Crippen molar-refractivity contribution in [3.63, 3.8) is 0 Å². The van der Waals surface area contributed by atoms with Crippen LogP contribution in [0.4, 0.5) is 0 Å². The van der Waals surface area contributed by atoms with E-state index < -0.39 is 0 Å². The molecule has 0 spiro atoms. The van der Waals surface area contributed by atoms with Crippen LogP contribution in [0.3, 0.4) is 0 Å². The predicted molar refractivity (Wildman–Crippen MR) is 10.4 cm³/mol. The van der Waals surface area contributed by atoms with Gasteiger partial charge in [0.1, 0.15) is 0 Å². The number of hydrogen-bond acceptors (Lipinski definition) is 0. The molecular formula is H2MnSYbZn. The minimum absolute atomic E-state index is 0. The van der Waals surface area contributed by atoms with Crippen LogP contribution in [-0.4, -0.2) is 0 Å². The zero-order valence-electron chi connectivity index (χ0n) is 1.85. The van der Waals surface area contributed by atoms with E-state index in [4.69, 9.17) is 0 Å². The summed E-state index contributed by atoms with van der Waals surface area (Å²) >= 11 is 0.